The van der Waals surface area contributed by atoms with Gasteiger partial charge in [-0.3, -0.25) is 9.59 Å². The van der Waals surface area contributed by atoms with Crippen LogP contribution in [-0.4, -0.2) is 17.9 Å². The van der Waals surface area contributed by atoms with Gasteiger partial charge in [-0.05, 0) is 50.9 Å². The molecule has 31 heavy (non-hydrogen) atoms. The van der Waals surface area contributed by atoms with E-state index in [2.05, 4.69) is 11.4 Å². The van der Waals surface area contributed by atoms with Crippen LogP contribution >= 0.6 is 0 Å². The van der Waals surface area contributed by atoms with Gasteiger partial charge >= 0.3 is 0 Å². The molecule has 6 heteroatoms. The molecule has 0 fully saturated rings. The average Bonchev–Trinajstić information content (AvgIpc) is 2.72. The molecule has 0 saturated heterocycles. The van der Waals surface area contributed by atoms with Crippen LogP contribution in [0.4, 0.5) is 8.78 Å². The molecule has 3 N–H and O–H groups in total. The lowest BCUT2D eigenvalue weighted by Gasteiger charge is -2.19. The Kier molecular flexibility index (Phi) is 5.62. The van der Waals surface area contributed by atoms with E-state index >= 15 is 0 Å². The van der Waals surface area contributed by atoms with Crippen molar-refractivity contribution in [3.05, 3.63) is 95.6 Å². The second-order valence-corrected chi connectivity index (χ2v) is 7.48. The average molecular weight is 418 g/mol. The molecule has 0 unspecified atom stereocenters. The number of nitrogens with two attached hydrogens (primary N) is 1. The molecule has 0 radical (unpaired) electrons. The molecule has 156 valence electrons. The Labute approximate surface area is 177 Å². The number of halogens is 2. The summed E-state index contributed by atoms with van der Waals surface area (Å²) in [7, 11) is 0. The number of fused-ring (bicyclic) bond motifs is 2. The fourth-order valence-electron chi connectivity index (χ4n) is 3.90. The molecule has 0 aliphatic rings. The molecular formula is C25H20F2N2O2. The summed E-state index contributed by atoms with van der Waals surface area (Å²) in [6, 6.07) is 19.6. The predicted molar refractivity (Wildman–Crippen MR) is 116 cm³/mol. The van der Waals surface area contributed by atoms with E-state index in [1.807, 2.05) is 48.5 Å². The molecule has 0 aliphatic carbocycles. The summed E-state index contributed by atoms with van der Waals surface area (Å²) in [5.41, 5.74) is 6.66. The van der Waals surface area contributed by atoms with E-state index in [-0.39, 0.29) is 18.4 Å². The lowest BCUT2D eigenvalue weighted by atomic mass is 9.92. The standard InChI is InChI=1S/C25H20F2N2O2/c26-18-9-15(10-19(27)13-18)11-24(30)29-23(25(28)31)14-22-20-7-3-1-5-16(20)12-17-6-2-4-8-21(17)22/h1-10,12-13,23H,11,14H2,(H2,28,31)(H,29,30)/t23-/m1/s1. The van der Waals surface area contributed by atoms with Gasteiger partial charge < -0.3 is 11.1 Å². The molecular weight excluding hydrogens is 398 g/mol. The number of rotatable bonds is 6. The van der Waals surface area contributed by atoms with Gasteiger partial charge in [-0.1, -0.05) is 48.5 Å². The van der Waals surface area contributed by atoms with Gasteiger partial charge in [-0.2, -0.15) is 0 Å². The first kappa shape index (κ1) is 20.5. The van der Waals surface area contributed by atoms with Crippen LogP contribution in [0.5, 0.6) is 0 Å². The van der Waals surface area contributed by atoms with Crippen LogP contribution in [-0.2, 0) is 22.4 Å². The molecule has 0 aromatic heterocycles. The van der Waals surface area contributed by atoms with Crippen LogP contribution in [0, 0.1) is 11.6 Å². The number of carbonyl (C=O) groups excluding carboxylic acids is 2. The van der Waals surface area contributed by atoms with Crippen LogP contribution in [0.2, 0.25) is 0 Å². The third kappa shape index (κ3) is 4.53. The SMILES string of the molecule is NC(=O)[C@@H](Cc1c2ccccc2cc2ccccc12)NC(=O)Cc1cc(F)cc(F)c1. The van der Waals surface area contributed by atoms with Crippen LogP contribution in [0.3, 0.4) is 0 Å². The van der Waals surface area contributed by atoms with Gasteiger partial charge in [-0.15, -0.1) is 0 Å². The van der Waals surface area contributed by atoms with Crippen molar-refractivity contribution in [3.8, 4) is 0 Å². The van der Waals surface area contributed by atoms with E-state index in [4.69, 9.17) is 5.73 Å². The van der Waals surface area contributed by atoms with E-state index in [1.165, 1.54) is 0 Å². The zero-order valence-electron chi connectivity index (χ0n) is 16.6. The molecule has 0 saturated carbocycles. The molecule has 4 aromatic carbocycles. The van der Waals surface area contributed by atoms with Gasteiger partial charge in [0.05, 0.1) is 6.42 Å². The van der Waals surface area contributed by atoms with Gasteiger partial charge in [0.1, 0.15) is 17.7 Å². The van der Waals surface area contributed by atoms with Gasteiger partial charge in [0, 0.05) is 12.5 Å². The Morgan fingerprint density at radius 3 is 1.94 bits per heavy atom. The van der Waals surface area contributed by atoms with Gasteiger partial charge in [0.25, 0.3) is 0 Å². The Bertz CT molecular complexity index is 1230. The molecule has 0 heterocycles. The first-order valence-corrected chi connectivity index (χ1v) is 9.84. The van der Waals surface area contributed by atoms with Crippen molar-refractivity contribution in [1.29, 1.82) is 0 Å². The fourth-order valence-corrected chi connectivity index (χ4v) is 3.90. The zero-order chi connectivity index (χ0) is 22.0. The van der Waals surface area contributed by atoms with Crippen molar-refractivity contribution in [2.75, 3.05) is 0 Å². The lowest BCUT2D eigenvalue weighted by Crippen LogP contribution is -2.46. The number of hydrogen-bond acceptors (Lipinski definition) is 2. The second-order valence-electron chi connectivity index (χ2n) is 7.48. The molecule has 4 nitrogen and oxygen atoms in total. The molecule has 4 aromatic rings. The summed E-state index contributed by atoms with van der Waals surface area (Å²) < 4.78 is 26.8. The largest absolute Gasteiger partial charge is 0.368 e. The summed E-state index contributed by atoms with van der Waals surface area (Å²) in [6.07, 6.45) is -0.0742. The number of nitrogens with one attached hydrogen (secondary N) is 1. The summed E-state index contributed by atoms with van der Waals surface area (Å²) >= 11 is 0. The lowest BCUT2D eigenvalue weighted by molar-refractivity contribution is -0.126. The number of carbonyl (C=O) groups is 2. The van der Waals surface area contributed by atoms with Crippen molar-refractivity contribution >= 4 is 33.4 Å². The summed E-state index contributed by atoms with van der Waals surface area (Å²) in [5, 5.41) is 6.59. The van der Waals surface area contributed by atoms with Crippen molar-refractivity contribution < 1.29 is 18.4 Å². The summed E-state index contributed by atoms with van der Waals surface area (Å²) in [6.45, 7) is 0. The summed E-state index contributed by atoms with van der Waals surface area (Å²) in [5.74, 6) is -2.76. The third-order valence-corrected chi connectivity index (χ3v) is 5.26. The first-order valence-electron chi connectivity index (χ1n) is 9.84. The van der Waals surface area contributed by atoms with E-state index < -0.39 is 29.5 Å². The molecule has 2 amide bonds. The van der Waals surface area contributed by atoms with Crippen molar-refractivity contribution in [3.63, 3.8) is 0 Å². The smallest absolute Gasteiger partial charge is 0.240 e. The van der Waals surface area contributed by atoms with Crippen LogP contribution < -0.4 is 11.1 Å². The van der Waals surface area contributed by atoms with Crippen LogP contribution in [0.25, 0.3) is 21.5 Å². The van der Waals surface area contributed by atoms with Crippen LogP contribution in [0.1, 0.15) is 11.1 Å². The normalized spacial score (nSPS) is 12.1. The highest BCUT2D eigenvalue weighted by atomic mass is 19.1. The second kappa shape index (κ2) is 8.52. The number of hydrogen-bond donors (Lipinski definition) is 2. The molecule has 4 rings (SSSR count). The fraction of sp³-hybridized carbons (Fsp3) is 0.120. The minimum absolute atomic E-state index is 0.175. The van der Waals surface area contributed by atoms with E-state index in [1.54, 1.807) is 0 Å². The zero-order valence-corrected chi connectivity index (χ0v) is 16.6. The topological polar surface area (TPSA) is 72.2 Å². The first-order chi connectivity index (χ1) is 14.9. The number of benzene rings is 4. The Hall–Kier alpha value is -3.80. The monoisotopic (exact) mass is 418 g/mol. The molecule has 0 spiro atoms. The predicted octanol–water partition coefficient (Wildman–Crippen LogP) is 4.03. The molecule has 0 bridgehead atoms. The Morgan fingerprint density at radius 1 is 0.839 bits per heavy atom. The van der Waals surface area contributed by atoms with Gasteiger partial charge in [-0.25, -0.2) is 8.78 Å². The van der Waals surface area contributed by atoms with Crippen LogP contribution in [0.15, 0.2) is 72.8 Å². The minimum atomic E-state index is -0.972. The maximum absolute atomic E-state index is 13.4. The number of primary amides is 1. The molecule has 1 atom stereocenters. The number of amides is 2. The van der Waals surface area contributed by atoms with Gasteiger partial charge in [0.15, 0.2) is 0 Å². The summed E-state index contributed by atoms with van der Waals surface area (Å²) in [4.78, 5) is 24.7. The third-order valence-electron chi connectivity index (χ3n) is 5.26. The highest BCUT2D eigenvalue weighted by Crippen LogP contribution is 2.29. The molecule has 0 aliphatic heterocycles. The van der Waals surface area contributed by atoms with Crippen molar-refractivity contribution in [1.82, 2.24) is 5.32 Å². The maximum Gasteiger partial charge on any atom is 0.240 e. The Balaban J connectivity index is 1.64. The van der Waals surface area contributed by atoms with Crippen molar-refractivity contribution in [2.45, 2.75) is 18.9 Å². The van der Waals surface area contributed by atoms with E-state index in [0.717, 1.165) is 45.3 Å². The maximum atomic E-state index is 13.4. The van der Waals surface area contributed by atoms with E-state index in [9.17, 15) is 18.4 Å². The quantitative estimate of drug-likeness (QED) is 0.464. The Morgan fingerprint density at radius 2 is 1.39 bits per heavy atom. The highest BCUT2D eigenvalue weighted by Gasteiger charge is 2.21. The minimum Gasteiger partial charge on any atom is -0.368 e. The highest BCUT2D eigenvalue weighted by molar-refractivity contribution is 6.03. The van der Waals surface area contributed by atoms with E-state index in [0.29, 0.717) is 0 Å². The van der Waals surface area contributed by atoms with Crippen molar-refractivity contribution in [2.24, 2.45) is 5.73 Å². The van der Waals surface area contributed by atoms with Gasteiger partial charge in [0.2, 0.25) is 11.8 Å².